The van der Waals surface area contributed by atoms with Crippen LogP contribution in [0.15, 0.2) is 46.0 Å². The minimum Gasteiger partial charge on any atom is -0.459 e. The summed E-state index contributed by atoms with van der Waals surface area (Å²) < 4.78 is 5.17. The van der Waals surface area contributed by atoms with Gasteiger partial charge < -0.3 is 20.4 Å². The van der Waals surface area contributed by atoms with Gasteiger partial charge in [0.2, 0.25) is 0 Å². The molecule has 0 saturated carbocycles. The highest BCUT2D eigenvalue weighted by atomic mass is 35.5. The Morgan fingerprint density at radius 2 is 1.92 bits per heavy atom. The molecule has 0 aliphatic carbocycles. The van der Waals surface area contributed by atoms with Crippen molar-refractivity contribution in [2.45, 2.75) is 26.8 Å². The van der Waals surface area contributed by atoms with Crippen LogP contribution in [-0.4, -0.2) is 31.5 Å². The van der Waals surface area contributed by atoms with Gasteiger partial charge in [-0.2, -0.15) is 0 Å². The van der Waals surface area contributed by atoms with Crippen molar-refractivity contribution in [1.29, 1.82) is 0 Å². The number of carbonyl (C=O) groups excluding carboxylic acids is 1. The zero-order valence-electron chi connectivity index (χ0n) is 15.1. The van der Waals surface area contributed by atoms with Crippen molar-refractivity contribution >= 4 is 23.5 Å². The van der Waals surface area contributed by atoms with Crippen LogP contribution in [0.3, 0.4) is 0 Å². The number of rotatable bonds is 8. The zero-order valence-corrected chi connectivity index (χ0v) is 15.9. The molecular formula is C19H25ClN4O2. The SMILES string of the molecule is CCNC(=NCc1ccccc1Cl)NCCCNC(=O)c1occc1C. The third-order valence-electron chi connectivity index (χ3n) is 3.71. The molecule has 0 saturated heterocycles. The number of amides is 1. The molecule has 26 heavy (non-hydrogen) atoms. The van der Waals surface area contributed by atoms with Gasteiger partial charge in [-0.1, -0.05) is 29.8 Å². The first-order valence-corrected chi connectivity index (χ1v) is 9.07. The van der Waals surface area contributed by atoms with E-state index in [4.69, 9.17) is 16.0 Å². The molecular weight excluding hydrogens is 352 g/mol. The first-order chi connectivity index (χ1) is 12.6. The third-order valence-corrected chi connectivity index (χ3v) is 4.08. The summed E-state index contributed by atoms with van der Waals surface area (Å²) in [6.07, 6.45) is 2.28. The Balaban J connectivity index is 1.74. The topological polar surface area (TPSA) is 78.7 Å². The van der Waals surface area contributed by atoms with Crippen LogP contribution in [0.25, 0.3) is 0 Å². The van der Waals surface area contributed by atoms with Crippen molar-refractivity contribution in [3.63, 3.8) is 0 Å². The minimum absolute atomic E-state index is 0.188. The summed E-state index contributed by atoms with van der Waals surface area (Å²) >= 11 is 6.16. The maximum absolute atomic E-state index is 11.9. The van der Waals surface area contributed by atoms with Crippen LogP contribution in [0.5, 0.6) is 0 Å². The normalized spacial score (nSPS) is 11.3. The summed E-state index contributed by atoms with van der Waals surface area (Å²) in [6.45, 7) is 6.37. The molecule has 0 fully saturated rings. The number of aryl methyl sites for hydroxylation is 1. The van der Waals surface area contributed by atoms with Crippen molar-refractivity contribution in [3.8, 4) is 0 Å². The molecule has 0 spiro atoms. The monoisotopic (exact) mass is 376 g/mol. The molecule has 1 aromatic heterocycles. The van der Waals surface area contributed by atoms with E-state index in [2.05, 4.69) is 20.9 Å². The van der Waals surface area contributed by atoms with E-state index in [1.165, 1.54) is 6.26 Å². The molecule has 0 bridgehead atoms. The Morgan fingerprint density at radius 1 is 1.15 bits per heavy atom. The van der Waals surface area contributed by atoms with Crippen molar-refractivity contribution < 1.29 is 9.21 Å². The number of carbonyl (C=O) groups is 1. The number of guanidine groups is 1. The molecule has 0 aliphatic rings. The Hall–Kier alpha value is -2.47. The number of nitrogens with zero attached hydrogens (tertiary/aromatic N) is 1. The third kappa shape index (κ3) is 6.11. The molecule has 2 aromatic rings. The van der Waals surface area contributed by atoms with Gasteiger partial charge in [0.1, 0.15) is 0 Å². The number of aliphatic imine (C=N–C) groups is 1. The molecule has 0 atom stereocenters. The average molecular weight is 377 g/mol. The number of hydrogen-bond acceptors (Lipinski definition) is 3. The molecule has 0 unspecified atom stereocenters. The van der Waals surface area contributed by atoms with E-state index < -0.39 is 0 Å². The predicted molar refractivity (Wildman–Crippen MR) is 105 cm³/mol. The van der Waals surface area contributed by atoms with Crippen LogP contribution in [0.4, 0.5) is 0 Å². The number of nitrogens with one attached hydrogen (secondary N) is 3. The fourth-order valence-corrected chi connectivity index (χ4v) is 2.51. The van der Waals surface area contributed by atoms with Gasteiger partial charge in [-0.15, -0.1) is 0 Å². The molecule has 140 valence electrons. The van der Waals surface area contributed by atoms with Gasteiger partial charge in [-0.25, -0.2) is 4.99 Å². The molecule has 3 N–H and O–H groups in total. The molecule has 1 amide bonds. The Labute approximate surface area is 159 Å². The van der Waals surface area contributed by atoms with E-state index in [1.807, 2.05) is 38.1 Å². The van der Waals surface area contributed by atoms with Gasteiger partial charge >= 0.3 is 0 Å². The molecule has 2 rings (SSSR count). The van der Waals surface area contributed by atoms with Crippen molar-refractivity contribution in [2.75, 3.05) is 19.6 Å². The van der Waals surface area contributed by atoms with E-state index in [0.29, 0.717) is 30.4 Å². The second-order valence-corrected chi connectivity index (χ2v) is 6.16. The lowest BCUT2D eigenvalue weighted by Gasteiger charge is -2.12. The van der Waals surface area contributed by atoms with Crippen molar-refractivity contribution in [2.24, 2.45) is 4.99 Å². The highest BCUT2D eigenvalue weighted by molar-refractivity contribution is 6.31. The van der Waals surface area contributed by atoms with Crippen molar-refractivity contribution in [1.82, 2.24) is 16.0 Å². The zero-order chi connectivity index (χ0) is 18.8. The van der Waals surface area contributed by atoms with E-state index in [1.54, 1.807) is 6.07 Å². The van der Waals surface area contributed by atoms with Crippen molar-refractivity contribution in [3.05, 3.63) is 58.5 Å². The number of furan rings is 1. The van der Waals surface area contributed by atoms with Crippen LogP contribution < -0.4 is 16.0 Å². The predicted octanol–water partition coefficient (Wildman–Crippen LogP) is 3.12. The lowest BCUT2D eigenvalue weighted by molar-refractivity contribution is 0.0925. The van der Waals surface area contributed by atoms with E-state index in [0.717, 1.165) is 30.1 Å². The first kappa shape index (κ1) is 19.8. The molecule has 0 aliphatic heterocycles. The van der Waals surface area contributed by atoms with Crippen LogP contribution in [-0.2, 0) is 6.54 Å². The summed E-state index contributed by atoms with van der Waals surface area (Å²) in [5, 5.41) is 10.0. The van der Waals surface area contributed by atoms with Crippen LogP contribution in [0, 0.1) is 6.92 Å². The Kier molecular flexibility index (Phi) is 8.02. The fourth-order valence-electron chi connectivity index (χ4n) is 2.32. The first-order valence-electron chi connectivity index (χ1n) is 8.69. The summed E-state index contributed by atoms with van der Waals surface area (Å²) in [7, 11) is 0. The van der Waals surface area contributed by atoms with Crippen LogP contribution >= 0.6 is 11.6 Å². The van der Waals surface area contributed by atoms with E-state index in [9.17, 15) is 4.79 Å². The molecule has 7 heteroatoms. The maximum Gasteiger partial charge on any atom is 0.287 e. The van der Waals surface area contributed by atoms with Crippen LogP contribution in [0.1, 0.15) is 35.0 Å². The summed E-state index contributed by atoms with van der Waals surface area (Å²) in [4.78, 5) is 16.5. The largest absolute Gasteiger partial charge is 0.459 e. The van der Waals surface area contributed by atoms with Gasteiger partial charge in [0, 0.05) is 30.2 Å². The van der Waals surface area contributed by atoms with E-state index >= 15 is 0 Å². The quantitative estimate of drug-likeness (QED) is 0.376. The Morgan fingerprint density at radius 3 is 2.62 bits per heavy atom. The number of benzene rings is 1. The summed E-state index contributed by atoms with van der Waals surface area (Å²) in [5.41, 5.74) is 1.81. The van der Waals surface area contributed by atoms with Gasteiger partial charge in [0.05, 0.1) is 12.8 Å². The molecule has 1 aromatic carbocycles. The summed E-state index contributed by atoms with van der Waals surface area (Å²) in [5.74, 6) is 0.903. The molecule has 0 radical (unpaired) electrons. The molecule has 6 nitrogen and oxygen atoms in total. The smallest absolute Gasteiger partial charge is 0.287 e. The van der Waals surface area contributed by atoms with Gasteiger partial charge in [0.25, 0.3) is 5.91 Å². The second-order valence-electron chi connectivity index (χ2n) is 5.76. The van der Waals surface area contributed by atoms with Gasteiger partial charge in [0.15, 0.2) is 11.7 Å². The number of hydrogen-bond donors (Lipinski definition) is 3. The summed E-state index contributed by atoms with van der Waals surface area (Å²) in [6, 6.07) is 9.43. The standard InChI is InChI=1S/C19H25ClN4O2/c1-3-21-19(24-13-15-7-4-5-8-16(15)20)23-11-6-10-22-18(25)17-14(2)9-12-26-17/h4-5,7-9,12H,3,6,10-11,13H2,1-2H3,(H,22,25)(H2,21,23,24). The van der Waals surface area contributed by atoms with E-state index in [-0.39, 0.29) is 5.91 Å². The lowest BCUT2D eigenvalue weighted by atomic mass is 10.2. The minimum atomic E-state index is -0.188. The van der Waals surface area contributed by atoms with Gasteiger partial charge in [-0.3, -0.25) is 4.79 Å². The fraction of sp³-hybridized carbons (Fsp3) is 0.368. The molecule has 1 heterocycles. The van der Waals surface area contributed by atoms with Gasteiger partial charge in [-0.05, 0) is 38.0 Å². The maximum atomic E-state index is 11.9. The average Bonchev–Trinajstić information content (AvgIpc) is 3.06. The lowest BCUT2D eigenvalue weighted by Crippen LogP contribution is -2.38. The van der Waals surface area contributed by atoms with Crippen LogP contribution in [0.2, 0.25) is 5.02 Å². The second kappa shape index (κ2) is 10.5. The Bertz CT molecular complexity index is 743. The highest BCUT2D eigenvalue weighted by Gasteiger charge is 2.11. The number of halogens is 1. The highest BCUT2D eigenvalue weighted by Crippen LogP contribution is 2.15.